The molecule has 6 heteroatoms. The third-order valence-corrected chi connectivity index (χ3v) is 2.85. The lowest BCUT2D eigenvalue weighted by atomic mass is 10.2. The standard InChI is InChI=1S/C12H13N3O3/c1-8(9-6-7-9)13-14-12(16)10-4-2-3-5-11(10)15(17)18/h2-5,9H,6-7H2,1H3,(H,14,16)/b13-8+. The van der Waals surface area contributed by atoms with E-state index in [0.717, 1.165) is 18.6 Å². The van der Waals surface area contributed by atoms with Gasteiger partial charge in [-0.2, -0.15) is 5.10 Å². The van der Waals surface area contributed by atoms with E-state index in [-0.39, 0.29) is 11.3 Å². The number of carbonyl (C=O) groups is 1. The van der Waals surface area contributed by atoms with Crippen molar-refractivity contribution in [3.05, 3.63) is 39.9 Å². The summed E-state index contributed by atoms with van der Waals surface area (Å²) in [5.74, 6) is -0.0987. The van der Waals surface area contributed by atoms with E-state index in [1.54, 1.807) is 6.07 Å². The largest absolute Gasteiger partial charge is 0.282 e. The van der Waals surface area contributed by atoms with E-state index in [0.29, 0.717) is 5.92 Å². The molecule has 0 aliphatic heterocycles. The molecular weight excluding hydrogens is 234 g/mol. The molecule has 1 aromatic carbocycles. The lowest BCUT2D eigenvalue weighted by Crippen LogP contribution is -2.20. The minimum Gasteiger partial charge on any atom is -0.267 e. The molecule has 0 spiro atoms. The quantitative estimate of drug-likeness (QED) is 0.502. The van der Waals surface area contributed by atoms with Crippen LogP contribution in [0.3, 0.4) is 0 Å². The lowest BCUT2D eigenvalue weighted by Gasteiger charge is -2.02. The molecule has 0 bridgehead atoms. The number of nitro groups is 1. The zero-order chi connectivity index (χ0) is 13.1. The first-order chi connectivity index (χ1) is 8.59. The topological polar surface area (TPSA) is 84.6 Å². The van der Waals surface area contributed by atoms with Crippen LogP contribution in [0.5, 0.6) is 0 Å². The van der Waals surface area contributed by atoms with Crippen molar-refractivity contribution in [1.29, 1.82) is 0 Å². The van der Waals surface area contributed by atoms with Gasteiger partial charge in [0, 0.05) is 11.8 Å². The fraction of sp³-hybridized carbons (Fsp3) is 0.333. The maximum absolute atomic E-state index is 11.8. The summed E-state index contributed by atoms with van der Waals surface area (Å²) >= 11 is 0. The van der Waals surface area contributed by atoms with Gasteiger partial charge in [-0.3, -0.25) is 14.9 Å². The summed E-state index contributed by atoms with van der Waals surface area (Å²) in [6.07, 6.45) is 2.19. The number of hydrazone groups is 1. The Morgan fingerprint density at radius 2 is 2.11 bits per heavy atom. The van der Waals surface area contributed by atoms with Crippen LogP contribution in [0, 0.1) is 16.0 Å². The number of nitrogens with zero attached hydrogens (tertiary/aromatic N) is 2. The predicted octanol–water partition coefficient (Wildman–Crippen LogP) is 2.11. The number of rotatable bonds is 4. The number of amides is 1. The minimum absolute atomic E-state index is 0.0230. The van der Waals surface area contributed by atoms with Crippen molar-refractivity contribution in [2.75, 3.05) is 0 Å². The second kappa shape index (κ2) is 4.95. The Kier molecular flexibility index (Phi) is 3.36. The summed E-state index contributed by atoms with van der Waals surface area (Å²) in [5.41, 5.74) is 3.03. The van der Waals surface area contributed by atoms with Crippen LogP contribution in [0.25, 0.3) is 0 Å². The second-order valence-corrected chi connectivity index (χ2v) is 4.24. The summed E-state index contributed by atoms with van der Waals surface area (Å²) in [7, 11) is 0. The number of nitro benzene ring substituents is 1. The SMILES string of the molecule is C/C(=N\NC(=O)c1ccccc1[N+](=O)[O-])C1CC1. The highest BCUT2D eigenvalue weighted by molar-refractivity contribution is 5.99. The van der Waals surface area contributed by atoms with Crippen LogP contribution < -0.4 is 5.43 Å². The molecule has 94 valence electrons. The van der Waals surface area contributed by atoms with Crippen LogP contribution in [0.2, 0.25) is 0 Å². The molecule has 1 aliphatic carbocycles. The molecule has 0 saturated heterocycles. The smallest absolute Gasteiger partial charge is 0.267 e. The predicted molar refractivity (Wildman–Crippen MR) is 66.4 cm³/mol. The molecule has 0 aromatic heterocycles. The first-order valence-corrected chi connectivity index (χ1v) is 5.67. The highest BCUT2D eigenvalue weighted by Crippen LogP contribution is 2.30. The van der Waals surface area contributed by atoms with Crippen LogP contribution in [0.15, 0.2) is 29.4 Å². The Labute approximate surface area is 104 Å². The molecule has 0 radical (unpaired) electrons. The van der Waals surface area contributed by atoms with E-state index in [4.69, 9.17) is 0 Å². The molecule has 0 heterocycles. The average Bonchev–Trinajstić information content (AvgIpc) is 3.19. The maximum Gasteiger partial charge on any atom is 0.282 e. The number of para-hydroxylation sites is 1. The van der Waals surface area contributed by atoms with Crippen LogP contribution >= 0.6 is 0 Å². The molecule has 1 aliphatic rings. The zero-order valence-corrected chi connectivity index (χ0v) is 9.92. The summed E-state index contributed by atoms with van der Waals surface area (Å²) in [6.45, 7) is 1.84. The van der Waals surface area contributed by atoms with Gasteiger partial charge in [0.15, 0.2) is 0 Å². The van der Waals surface area contributed by atoms with E-state index in [9.17, 15) is 14.9 Å². The average molecular weight is 247 g/mol. The summed E-state index contributed by atoms with van der Waals surface area (Å²) in [4.78, 5) is 22.0. The van der Waals surface area contributed by atoms with E-state index >= 15 is 0 Å². The molecule has 0 unspecified atom stereocenters. The summed E-state index contributed by atoms with van der Waals surface area (Å²) in [6, 6.07) is 5.81. The highest BCUT2D eigenvalue weighted by atomic mass is 16.6. The number of hydrogen-bond acceptors (Lipinski definition) is 4. The molecule has 0 atom stereocenters. The van der Waals surface area contributed by atoms with E-state index in [1.807, 2.05) is 6.92 Å². The van der Waals surface area contributed by atoms with Crippen molar-refractivity contribution >= 4 is 17.3 Å². The van der Waals surface area contributed by atoms with Gasteiger partial charge in [-0.25, -0.2) is 5.43 Å². The van der Waals surface area contributed by atoms with Crippen molar-refractivity contribution in [1.82, 2.24) is 5.43 Å². The third-order valence-electron chi connectivity index (χ3n) is 2.85. The molecule has 1 aromatic rings. The molecule has 1 fully saturated rings. The Morgan fingerprint density at radius 1 is 1.44 bits per heavy atom. The Morgan fingerprint density at radius 3 is 2.72 bits per heavy atom. The summed E-state index contributed by atoms with van der Waals surface area (Å²) < 4.78 is 0. The van der Waals surface area contributed by atoms with Crippen LogP contribution in [0.1, 0.15) is 30.1 Å². The van der Waals surface area contributed by atoms with Gasteiger partial charge >= 0.3 is 0 Å². The van der Waals surface area contributed by atoms with Crippen LogP contribution in [-0.2, 0) is 0 Å². The van der Waals surface area contributed by atoms with Gasteiger partial charge in [0.1, 0.15) is 5.56 Å². The van der Waals surface area contributed by atoms with Gasteiger partial charge in [0.05, 0.1) is 4.92 Å². The first kappa shape index (κ1) is 12.2. The van der Waals surface area contributed by atoms with Gasteiger partial charge in [0.25, 0.3) is 11.6 Å². The van der Waals surface area contributed by atoms with Gasteiger partial charge in [0.2, 0.25) is 0 Å². The van der Waals surface area contributed by atoms with Crippen LogP contribution in [0.4, 0.5) is 5.69 Å². The molecule has 2 rings (SSSR count). The van der Waals surface area contributed by atoms with Crippen LogP contribution in [-0.4, -0.2) is 16.5 Å². The number of carbonyl (C=O) groups excluding carboxylic acids is 1. The fourth-order valence-corrected chi connectivity index (χ4v) is 1.62. The normalized spacial score (nSPS) is 15.3. The van der Waals surface area contributed by atoms with Gasteiger partial charge in [-0.15, -0.1) is 0 Å². The fourth-order valence-electron chi connectivity index (χ4n) is 1.62. The molecule has 1 N–H and O–H groups in total. The number of benzene rings is 1. The highest BCUT2D eigenvalue weighted by Gasteiger charge is 2.25. The molecule has 18 heavy (non-hydrogen) atoms. The van der Waals surface area contributed by atoms with Crippen molar-refractivity contribution < 1.29 is 9.72 Å². The van der Waals surface area contributed by atoms with Crippen molar-refractivity contribution in [3.8, 4) is 0 Å². The van der Waals surface area contributed by atoms with Crippen molar-refractivity contribution in [2.45, 2.75) is 19.8 Å². The zero-order valence-electron chi connectivity index (χ0n) is 9.92. The Hall–Kier alpha value is -2.24. The van der Waals surface area contributed by atoms with Gasteiger partial charge in [-0.1, -0.05) is 12.1 Å². The molecular formula is C12H13N3O3. The van der Waals surface area contributed by atoms with E-state index < -0.39 is 10.8 Å². The van der Waals surface area contributed by atoms with E-state index in [2.05, 4.69) is 10.5 Å². The molecule has 1 saturated carbocycles. The monoisotopic (exact) mass is 247 g/mol. The number of hydrogen-bond donors (Lipinski definition) is 1. The molecule has 1 amide bonds. The Balaban J connectivity index is 2.13. The van der Waals surface area contributed by atoms with Crippen molar-refractivity contribution in [2.24, 2.45) is 11.0 Å². The molecule has 6 nitrogen and oxygen atoms in total. The number of nitrogens with one attached hydrogen (secondary N) is 1. The minimum atomic E-state index is -0.577. The van der Waals surface area contributed by atoms with Gasteiger partial charge in [-0.05, 0) is 31.7 Å². The third kappa shape index (κ3) is 2.71. The maximum atomic E-state index is 11.8. The van der Waals surface area contributed by atoms with Crippen molar-refractivity contribution in [3.63, 3.8) is 0 Å². The summed E-state index contributed by atoms with van der Waals surface area (Å²) in [5, 5.41) is 14.7. The first-order valence-electron chi connectivity index (χ1n) is 5.67. The van der Waals surface area contributed by atoms with Gasteiger partial charge < -0.3 is 0 Å². The van der Waals surface area contributed by atoms with E-state index in [1.165, 1.54) is 18.2 Å². The lowest BCUT2D eigenvalue weighted by molar-refractivity contribution is -0.385. The second-order valence-electron chi connectivity index (χ2n) is 4.24. The Bertz CT molecular complexity index is 521.